The number of aryl methyl sites for hydroxylation is 1. The molecule has 7 heteroatoms. The summed E-state index contributed by atoms with van der Waals surface area (Å²) < 4.78 is 9.38. The summed E-state index contributed by atoms with van der Waals surface area (Å²) in [5.41, 5.74) is 0. The van der Waals surface area contributed by atoms with Gasteiger partial charge in [0.1, 0.15) is 5.76 Å². The molecule has 1 heterocycles. The average molecular weight is 269 g/mol. The molecular formula is C12H19N3O4. The first-order chi connectivity index (χ1) is 9.01. The van der Waals surface area contributed by atoms with Gasteiger partial charge < -0.3 is 14.6 Å². The van der Waals surface area contributed by atoms with Gasteiger partial charge in [-0.25, -0.2) is 0 Å². The summed E-state index contributed by atoms with van der Waals surface area (Å²) in [7, 11) is 3.17. The second-order valence-electron chi connectivity index (χ2n) is 4.29. The van der Waals surface area contributed by atoms with E-state index in [0.717, 1.165) is 0 Å². The number of ether oxygens (including phenoxy) is 1. The van der Waals surface area contributed by atoms with Crippen LogP contribution in [0, 0.1) is 6.92 Å². The molecule has 0 saturated heterocycles. The third-order valence-corrected chi connectivity index (χ3v) is 2.46. The van der Waals surface area contributed by atoms with Crippen LogP contribution < -0.4 is 5.32 Å². The lowest BCUT2D eigenvalue weighted by Crippen LogP contribution is -2.31. The number of likely N-dealkylation sites (N-methyl/N-ethyl adjacent to an activating group) is 1. The fourth-order valence-electron chi connectivity index (χ4n) is 1.53. The Morgan fingerprint density at radius 1 is 1.53 bits per heavy atom. The number of aromatic nitrogens is 1. The number of methoxy groups -OCH3 is 1. The molecule has 1 aromatic rings. The van der Waals surface area contributed by atoms with Crippen molar-refractivity contribution >= 4 is 17.7 Å². The number of esters is 1. The number of hydrogen-bond donors (Lipinski definition) is 1. The van der Waals surface area contributed by atoms with Gasteiger partial charge in [-0.2, -0.15) is 0 Å². The Labute approximate surface area is 111 Å². The van der Waals surface area contributed by atoms with Crippen molar-refractivity contribution in [2.24, 2.45) is 0 Å². The van der Waals surface area contributed by atoms with Crippen LogP contribution in [0.2, 0.25) is 0 Å². The average Bonchev–Trinajstić information content (AvgIpc) is 2.74. The molecule has 0 saturated carbocycles. The number of hydrogen-bond acceptors (Lipinski definition) is 6. The number of nitrogens with zero attached hydrogens (tertiary/aromatic N) is 2. The van der Waals surface area contributed by atoms with Crippen molar-refractivity contribution in [3.63, 3.8) is 0 Å². The van der Waals surface area contributed by atoms with Crippen LogP contribution in [-0.4, -0.2) is 49.2 Å². The van der Waals surface area contributed by atoms with E-state index in [2.05, 4.69) is 15.2 Å². The summed E-state index contributed by atoms with van der Waals surface area (Å²) in [6, 6.07) is 1.65. The Kier molecular flexibility index (Phi) is 6.01. The number of rotatable bonds is 7. The van der Waals surface area contributed by atoms with Crippen molar-refractivity contribution in [2.75, 3.05) is 32.6 Å². The first kappa shape index (κ1) is 15.2. The molecule has 19 heavy (non-hydrogen) atoms. The number of carbonyl (C=O) groups excluding carboxylic acids is 2. The molecule has 0 radical (unpaired) electrons. The number of anilines is 1. The quantitative estimate of drug-likeness (QED) is 0.737. The zero-order chi connectivity index (χ0) is 14.3. The SMILES string of the molecule is COC(=O)CCCN(C)CC(=O)Nc1cc(C)on1. The molecule has 1 amide bonds. The van der Waals surface area contributed by atoms with Crippen LogP contribution in [0.5, 0.6) is 0 Å². The van der Waals surface area contributed by atoms with Gasteiger partial charge in [0.05, 0.1) is 13.7 Å². The first-order valence-electron chi connectivity index (χ1n) is 6.00. The summed E-state index contributed by atoms with van der Waals surface area (Å²) in [4.78, 5) is 24.4. The van der Waals surface area contributed by atoms with Crippen molar-refractivity contribution < 1.29 is 18.8 Å². The van der Waals surface area contributed by atoms with E-state index in [0.29, 0.717) is 31.0 Å². The molecule has 0 spiro atoms. The van der Waals surface area contributed by atoms with Crippen molar-refractivity contribution in [3.05, 3.63) is 11.8 Å². The van der Waals surface area contributed by atoms with E-state index in [1.54, 1.807) is 13.0 Å². The molecule has 0 fully saturated rings. The molecule has 106 valence electrons. The predicted molar refractivity (Wildman–Crippen MR) is 68.6 cm³/mol. The van der Waals surface area contributed by atoms with Crippen LogP contribution in [0.1, 0.15) is 18.6 Å². The smallest absolute Gasteiger partial charge is 0.305 e. The van der Waals surface area contributed by atoms with E-state index in [4.69, 9.17) is 4.52 Å². The highest BCUT2D eigenvalue weighted by Gasteiger charge is 2.09. The third-order valence-electron chi connectivity index (χ3n) is 2.46. The van der Waals surface area contributed by atoms with E-state index in [9.17, 15) is 9.59 Å². The van der Waals surface area contributed by atoms with Crippen molar-refractivity contribution in [2.45, 2.75) is 19.8 Å². The van der Waals surface area contributed by atoms with Gasteiger partial charge in [0.25, 0.3) is 0 Å². The maximum atomic E-state index is 11.7. The maximum Gasteiger partial charge on any atom is 0.305 e. The Morgan fingerprint density at radius 2 is 2.26 bits per heavy atom. The molecular weight excluding hydrogens is 250 g/mol. The van der Waals surface area contributed by atoms with E-state index in [1.165, 1.54) is 7.11 Å². The van der Waals surface area contributed by atoms with Crippen LogP contribution in [0.3, 0.4) is 0 Å². The van der Waals surface area contributed by atoms with Crippen LogP contribution in [0.4, 0.5) is 5.82 Å². The van der Waals surface area contributed by atoms with Crippen LogP contribution in [0.15, 0.2) is 10.6 Å². The zero-order valence-electron chi connectivity index (χ0n) is 11.4. The normalized spacial score (nSPS) is 10.5. The van der Waals surface area contributed by atoms with E-state index in [1.807, 2.05) is 11.9 Å². The van der Waals surface area contributed by atoms with Gasteiger partial charge in [-0.15, -0.1) is 0 Å². The molecule has 0 unspecified atom stereocenters. The number of carbonyl (C=O) groups is 2. The highest BCUT2D eigenvalue weighted by Crippen LogP contribution is 2.06. The first-order valence-corrected chi connectivity index (χ1v) is 6.00. The third kappa shape index (κ3) is 6.01. The molecule has 1 aromatic heterocycles. The second-order valence-corrected chi connectivity index (χ2v) is 4.29. The van der Waals surface area contributed by atoms with Crippen molar-refractivity contribution in [1.29, 1.82) is 0 Å². The minimum atomic E-state index is -0.240. The van der Waals surface area contributed by atoms with Crippen LogP contribution in [0.25, 0.3) is 0 Å². The maximum absolute atomic E-state index is 11.7. The van der Waals surface area contributed by atoms with Crippen LogP contribution >= 0.6 is 0 Å². The van der Waals surface area contributed by atoms with Gasteiger partial charge in [-0.1, -0.05) is 5.16 Å². The molecule has 0 aromatic carbocycles. The molecule has 0 aliphatic heterocycles. The Hall–Kier alpha value is -1.89. The number of amides is 1. The topological polar surface area (TPSA) is 84.7 Å². The number of nitrogens with one attached hydrogen (secondary N) is 1. The lowest BCUT2D eigenvalue weighted by atomic mass is 10.3. The summed E-state index contributed by atoms with van der Waals surface area (Å²) in [5.74, 6) is 0.636. The monoisotopic (exact) mass is 269 g/mol. The zero-order valence-corrected chi connectivity index (χ0v) is 11.4. The highest BCUT2D eigenvalue weighted by atomic mass is 16.5. The highest BCUT2D eigenvalue weighted by molar-refractivity contribution is 5.91. The lowest BCUT2D eigenvalue weighted by molar-refractivity contribution is -0.140. The molecule has 0 atom stereocenters. The molecule has 0 aliphatic carbocycles. The predicted octanol–water partition coefficient (Wildman–Crippen LogP) is 0.807. The van der Waals surface area contributed by atoms with Gasteiger partial charge in [0, 0.05) is 12.5 Å². The minimum absolute atomic E-state index is 0.172. The van der Waals surface area contributed by atoms with Crippen molar-refractivity contribution in [1.82, 2.24) is 10.1 Å². The summed E-state index contributed by atoms with van der Waals surface area (Å²) in [6.45, 7) is 2.62. The fourth-order valence-corrected chi connectivity index (χ4v) is 1.53. The van der Waals surface area contributed by atoms with Gasteiger partial charge in [0.2, 0.25) is 5.91 Å². The summed E-state index contributed by atoms with van der Waals surface area (Å²) in [5, 5.41) is 6.30. The van der Waals surface area contributed by atoms with Gasteiger partial charge in [-0.05, 0) is 26.9 Å². The standard InChI is InChI=1S/C12H19N3O4/c1-9-7-10(14-19-9)13-11(16)8-15(2)6-4-5-12(17)18-3/h7H,4-6,8H2,1-3H3,(H,13,14,16). The molecule has 7 nitrogen and oxygen atoms in total. The van der Waals surface area contributed by atoms with Crippen LogP contribution in [-0.2, 0) is 14.3 Å². The Bertz CT molecular complexity index is 430. The summed E-state index contributed by atoms with van der Waals surface area (Å²) in [6.07, 6.45) is 1.00. The van der Waals surface area contributed by atoms with Gasteiger partial charge >= 0.3 is 5.97 Å². The Balaban J connectivity index is 2.22. The second kappa shape index (κ2) is 7.52. The van der Waals surface area contributed by atoms with E-state index < -0.39 is 0 Å². The van der Waals surface area contributed by atoms with Gasteiger partial charge in [-0.3, -0.25) is 14.5 Å². The van der Waals surface area contributed by atoms with E-state index >= 15 is 0 Å². The largest absolute Gasteiger partial charge is 0.469 e. The van der Waals surface area contributed by atoms with Crippen molar-refractivity contribution in [3.8, 4) is 0 Å². The van der Waals surface area contributed by atoms with E-state index in [-0.39, 0.29) is 18.4 Å². The molecule has 0 aliphatic rings. The minimum Gasteiger partial charge on any atom is -0.469 e. The molecule has 1 rings (SSSR count). The molecule has 0 bridgehead atoms. The molecule has 1 N–H and O–H groups in total. The Morgan fingerprint density at radius 3 is 2.84 bits per heavy atom. The summed E-state index contributed by atoms with van der Waals surface area (Å²) >= 11 is 0. The fraction of sp³-hybridized carbons (Fsp3) is 0.583. The lowest BCUT2D eigenvalue weighted by Gasteiger charge is -2.14. The van der Waals surface area contributed by atoms with Gasteiger partial charge in [0.15, 0.2) is 5.82 Å².